The molecule has 1 unspecified atom stereocenters. The minimum Gasteiger partial charge on any atom is -0.310 e. The lowest BCUT2D eigenvalue weighted by molar-refractivity contribution is 0.411. The Hall–Kier alpha value is -3.06. The third-order valence-electron chi connectivity index (χ3n) is 6.52. The highest BCUT2D eigenvalue weighted by molar-refractivity contribution is 5.94. The van der Waals surface area contributed by atoms with Crippen LogP contribution in [0, 0.1) is 12.7 Å². The van der Waals surface area contributed by atoms with Crippen molar-refractivity contribution >= 4 is 10.9 Å². The van der Waals surface area contributed by atoms with Gasteiger partial charge in [-0.2, -0.15) is 10.2 Å². The molecule has 0 bridgehead atoms. The zero-order chi connectivity index (χ0) is 20.9. The van der Waals surface area contributed by atoms with Crippen LogP contribution < -0.4 is 5.32 Å². The first-order valence-electron chi connectivity index (χ1n) is 11.1. The van der Waals surface area contributed by atoms with Gasteiger partial charge in [-0.05, 0) is 62.4 Å². The number of nitrogens with zero attached hydrogens (tertiary/aromatic N) is 4. The van der Waals surface area contributed by atoms with E-state index in [0.29, 0.717) is 17.3 Å². The molecule has 1 saturated heterocycles. The Morgan fingerprint density at radius 1 is 1.10 bits per heavy atom. The molecule has 4 heterocycles. The smallest absolute Gasteiger partial charge is 0.133 e. The number of hydrogen-bond acceptors (Lipinski definition) is 4. The SMILES string of the molecule is Cc1cc(C2CCCCN2)cc(F)c1-c1cc2c(-c3cnn(C4CC4)c3)n[nH]c2cn1. The van der Waals surface area contributed by atoms with Crippen molar-refractivity contribution in [3.8, 4) is 22.5 Å². The van der Waals surface area contributed by atoms with Crippen LogP contribution in [-0.2, 0) is 0 Å². The fourth-order valence-corrected chi connectivity index (χ4v) is 4.71. The van der Waals surface area contributed by atoms with Crippen molar-refractivity contribution in [2.75, 3.05) is 6.54 Å². The number of aromatic nitrogens is 5. The normalized spacial score (nSPS) is 19.2. The fourth-order valence-electron chi connectivity index (χ4n) is 4.71. The predicted molar refractivity (Wildman–Crippen MR) is 118 cm³/mol. The molecule has 158 valence electrons. The van der Waals surface area contributed by atoms with E-state index >= 15 is 4.39 Å². The Morgan fingerprint density at radius 3 is 2.77 bits per heavy atom. The largest absolute Gasteiger partial charge is 0.310 e. The van der Waals surface area contributed by atoms with Crippen molar-refractivity contribution in [1.82, 2.24) is 30.3 Å². The van der Waals surface area contributed by atoms with Crippen LogP contribution in [0.25, 0.3) is 33.4 Å². The van der Waals surface area contributed by atoms with Crippen LogP contribution in [0.1, 0.15) is 55.3 Å². The lowest BCUT2D eigenvalue weighted by Crippen LogP contribution is -2.26. The average molecular weight is 417 g/mol. The van der Waals surface area contributed by atoms with Gasteiger partial charge in [0.15, 0.2) is 0 Å². The molecule has 6 rings (SSSR count). The van der Waals surface area contributed by atoms with Gasteiger partial charge in [-0.25, -0.2) is 4.39 Å². The summed E-state index contributed by atoms with van der Waals surface area (Å²) in [5.74, 6) is -0.221. The molecular formula is C24H25FN6. The molecule has 0 spiro atoms. The second-order valence-electron chi connectivity index (χ2n) is 8.82. The zero-order valence-corrected chi connectivity index (χ0v) is 17.5. The third kappa shape index (κ3) is 3.33. The molecule has 2 aliphatic rings. The van der Waals surface area contributed by atoms with Crippen LogP contribution in [0.3, 0.4) is 0 Å². The molecule has 1 aromatic carbocycles. The Morgan fingerprint density at radius 2 is 2.00 bits per heavy atom. The number of nitrogens with one attached hydrogen (secondary N) is 2. The lowest BCUT2D eigenvalue weighted by Gasteiger charge is -2.24. The van der Waals surface area contributed by atoms with Crippen LogP contribution in [0.4, 0.5) is 4.39 Å². The molecule has 0 radical (unpaired) electrons. The summed E-state index contributed by atoms with van der Waals surface area (Å²) in [5, 5.41) is 16.5. The van der Waals surface area contributed by atoms with E-state index in [-0.39, 0.29) is 11.9 Å². The summed E-state index contributed by atoms with van der Waals surface area (Å²) in [6.07, 6.45) is 11.4. The maximum atomic E-state index is 15.3. The average Bonchev–Trinajstić information content (AvgIpc) is 3.37. The Labute approximate surface area is 179 Å². The van der Waals surface area contributed by atoms with Gasteiger partial charge >= 0.3 is 0 Å². The Kier molecular flexibility index (Phi) is 4.38. The third-order valence-corrected chi connectivity index (χ3v) is 6.52. The van der Waals surface area contributed by atoms with Crippen LogP contribution in [0.15, 0.2) is 36.8 Å². The van der Waals surface area contributed by atoms with E-state index in [1.54, 1.807) is 12.3 Å². The van der Waals surface area contributed by atoms with E-state index in [2.05, 4.69) is 31.7 Å². The van der Waals surface area contributed by atoms with E-state index in [1.807, 2.05) is 30.1 Å². The van der Waals surface area contributed by atoms with Crippen LogP contribution in [-0.4, -0.2) is 31.5 Å². The second kappa shape index (κ2) is 7.27. The molecule has 2 N–H and O–H groups in total. The topological polar surface area (TPSA) is 71.4 Å². The number of aromatic amines is 1. The van der Waals surface area contributed by atoms with Crippen LogP contribution >= 0.6 is 0 Å². The molecule has 0 amide bonds. The highest BCUT2D eigenvalue weighted by Crippen LogP contribution is 2.37. The molecule has 6 nitrogen and oxygen atoms in total. The van der Waals surface area contributed by atoms with Gasteiger partial charge in [-0.3, -0.25) is 14.8 Å². The summed E-state index contributed by atoms with van der Waals surface area (Å²) in [4.78, 5) is 4.54. The first-order valence-corrected chi connectivity index (χ1v) is 11.1. The molecule has 3 aromatic heterocycles. The van der Waals surface area contributed by atoms with Gasteiger partial charge in [0.2, 0.25) is 0 Å². The van der Waals surface area contributed by atoms with Gasteiger partial charge < -0.3 is 5.32 Å². The van der Waals surface area contributed by atoms with Gasteiger partial charge in [-0.1, -0.05) is 12.5 Å². The number of halogens is 1. The van der Waals surface area contributed by atoms with Crippen molar-refractivity contribution in [1.29, 1.82) is 0 Å². The van der Waals surface area contributed by atoms with Gasteiger partial charge in [-0.15, -0.1) is 0 Å². The number of hydrogen-bond donors (Lipinski definition) is 2. The van der Waals surface area contributed by atoms with E-state index < -0.39 is 0 Å². The monoisotopic (exact) mass is 416 g/mol. The molecule has 1 saturated carbocycles. The molecule has 31 heavy (non-hydrogen) atoms. The molecule has 1 aliphatic carbocycles. The quantitative estimate of drug-likeness (QED) is 0.486. The molecule has 4 aromatic rings. The molecular weight excluding hydrogens is 391 g/mol. The van der Waals surface area contributed by atoms with E-state index in [1.165, 1.54) is 25.7 Å². The van der Waals surface area contributed by atoms with Crippen LogP contribution in [0.2, 0.25) is 0 Å². The van der Waals surface area contributed by atoms with Gasteiger partial charge in [0.1, 0.15) is 11.5 Å². The Balaban J connectivity index is 1.40. The van der Waals surface area contributed by atoms with Gasteiger partial charge in [0.05, 0.1) is 29.6 Å². The van der Waals surface area contributed by atoms with Gasteiger partial charge in [0.25, 0.3) is 0 Å². The summed E-state index contributed by atoms with van der Waals surface area (Å²) >= 11 is 0. The number of piperidine rings is 1. The maximum Gasteiger partial charge on any atom is 0.133 e. The molecule has 1 aliphatic heterocycles. The van der Waals surface area contributed by atoms with Crippen molar-refractivity contribution in [3.63, 3.8) is 0 Å². The number of fused-ring (bicyclic) bond motifs is 1. The number of rotatable bonds is 4. The summed E-state index contributed by atoms with van der Waals surface area (Å²) in [6, 6.07) is 6.46. The van der Waals surface area contributed by atoms with Crippen molar-refractivity contribution in [2.45, 2.75) is 51.1 Å². The van der Waals surface area contributed by atoms with Crippen molar-refractivity contribution < 1.29 is 4.39 Å². The van der Waals surface area contributed by atoms with Crippen LogP contribution in [0.5, 0.6) is 0 Å². The summed E-state index contributed by atoms with van der Waals surface area (Å²) < 4.78 is 17.3. The van der Waals surface area contributed by atoms with E-state index in [4.69, 9.17) is 0 Å². The van der Waals surface area contributed by atoms with Gasteiger partial charge in [0, 0.05) is 28.8 Å². The number of aryl methyl sites for hydroxylation is 1. The van der Waals surface area contributed by atoms with Crippen molar-refractivity contribution in [2.24, 2.45) is 0 Å². The predicted octanol–water partition coefficient (Wildman–Crippen LogP) is 5.09. The highest BCUT2D eigenvalue weighted by Gasteiger charge is 2.25. The number of benzene rings is 1. The lowest BCUT2D eigenvalue weighted by atomic mass is 9.93. The fraction of sp³-hybridized carbons (Fsp3) is 0.375. The first kappa shape index (κ1) is 18.7. The minimum absolute atomic E-state index is 0.221. The standard InChI is InChI=1S/C24H25FN6/c1-14-8-15(20-4-2-3-7-26-20)9-19(25)23(14)21-10-18-22(12-27-21)29-30-24(18)16-11-28-31(13-16)17-5-6-17/h8-13,17,20,26H,2-7H2,1H3,(H,29,30). The summed E-state index contributed by atoms with van der Waals surface area (Å²) in [5.41, 5.74) is 5.74. The number of H-pyrrole nitrogens is 1. The minimum atomic E-state index is -0.221. The molecule has 7 heteroatoms. The zero-order valence-electron chi connectivity index (χ0n) is 17.5. The molecule has 2 fully saturated rings. The second-order valence-corrected chi connectivity index (χ2v) is 8.82. The summed E-state index contributed by atoms with van der Waals surface area (Å²) in [6.45, 7) is 2.96. The first-order chi connectivity index (χ1) is 15.2. The highest BCUT2D eigenvalue weighted by atomic mass is 19.1. The number of pyridine rings is 1. The van der Waals surface area contributed by atoms with E-state index in [9.17, 15) is 0 Å². The summed E-state index contributed by atoms with van der Waals surface area (Å²) in [7, 11) is 0. The maximum absolute atomic E-state index is 15.3. The van der Waals surface area contributed by atoms with E-state index in [0.717, 1.165) is 46.3 Å². The Bertz CT molecular complexity index is 1240. The van der Waals surface area contributed by atoms with Crippen molar-refractivity contribution in [3.05, 3.63) is 53.7 Å². The molecule has 1 atom stereocenters.